The van der Waals surface area contributed by atoms with E-state index in [1.807, 2.05) is 0 Å². The Balaban J connectivity index is 0.00000196. The van der Waals surface area contributed by atoms with Gasteiger partial charge < -0.3 is 20.1 Å². The Morgan fingerprint density at radius 1 is 1.04 bits per heavy atom. The van der Waals surface area contributed by atoms with Gasteiger partial charge in [0.1, 0.15) is 0 Å². The summed E-state index contributed by atoms with van der Waals surface area (Å²) in [6.07, 6.45) is 6.19. The van der Waals surface area contributed by atoms with Crippen LogP contribution in [0.15, 0.2) is 30.3 Å². The van der Waals surface area contributed by atoms with E-state index in [2.05, 4.69) is 41.0 Å². The fraction of sp³-hybridized carbons (Fsp3) is 0.714. The molecule has 4 nitrogen and oxygen atoms in total. The number of nitrogens with one attached hydrogen (secondary N) is 2. The van der Waals surface area contributed by atoms with Crippen LogP contribution in [-0.4, -0.2) is 51.6 Å². The molecule has 146 valence electrons. The normalized spacial score (nSPS) is 31.3. The molecule has 1 aromatic carbocycles. The highest BCUT2D eigenvalue weighted by Crippen LogP contribution is 2.36. The van der Waals surface area contributed by atoms with Crippen molar-refractivity contribution >= 4 is 12.4 Å². The van der Waals surface area contributed by atoms with Crippen molar-refractivity contribution in [2.75, 3.05) is 39.5 Å². The minimum Gasteiger partial charge on any atom is -0.381 e. The molecule has 0 aromatic heterocycles. The molecule has 2 aliphatic heterocycles. The lowest BCUT2D eigenvalue weighted by Gasteiger charge is -2.40. The molecule has 4 rings (SSSR count). The lowest BCUT2D eigenvalue weighted by atomic mass is 9.74. The first-order valence-electron chi connectivity index (χ1n) is 10.1. The van der Waals surface area contributed by atoms with Crippen molar-refractivity contribution in [3.05, 3.63) is 35.9 Å². The molecule has 5 heteroatoms. The van der Waals surface area contributed by atoms with Crippen molar-refractivity contribution in [1.82, 2.24) is 10.6 Å². The van der Waals surface area contributed by atoms with Crippen molar-refractivity contribution in [3.63, 3.8) is 0 Å². The summed E-state index contributed by atoms with van der Waals surface area (Å²) < 4.78 is 11.4. The first kappa shape index (κ1) is 20.1. The summed E-state index contributed by atoms with van der Waals surface area (Å²) in [5, 5.41) is 7.67. The minimum atomic E-state index is 0. The average molecular weight is 381 g/mol. The molecule has 2 N–H and O–H groups in total. The lowest BCUT2D eigenvalue weighted by Crippen LogP contribution is -2.53. The van der Waals surface area contributed by atoms with Gasteiger partial charge in [-0.1, -0.05) is 36.8 Å². The van der Waals surface area contributed by atoms with E-state index in [-0.39, 0.29) is 17.8 Å². The number of rotatable bonds is 5. The first-order valence-corrected chi connectivity index (χ1v) is 10.1. The number of morpholine rings is 1. The third-order valence-corrected chi connectivity index (χ3v) is 6.58. The zero-order valence-corrected chi connectivity index (χ0v) is 16.4. The number of benzene rings is 1. The van der Waals surface area contributed by atoms with Crippen LogP contribution in [0, 0.1) is 5.92 Å². The van der Waals surface area contributed by atoms with Gasteiger partial charge in [0.25, 0.3) is 0 Å². The van der Waals surface area contributed by atoms with E-state index in [1.54, 1.807) is 0 Å². The van der Waals surface area contributed by atoms with Crippen molar-refractivity contribution in [2.24, 2.45) is 5.92 Å². The number of hydrogen-bond donors (Lipinski definition) is 2. The summed E-state index contributed by atoms with van der Waals surface area (Å²) in [7, 11) is 0. The van der Waals surface area contributed by atoms with E-state index in [4.69, 9.17) is 9.47 Å². The summed E-state index contributed by atoms with van der Waals surface area (Å²) in [6.45, 7) is 5.55. The van der Waals surface area contributed by atoms with Crippen molar-refractivity contribution in [1.29, 1.82) is 0 Å². The third-order valence-electron chi connectivity index (χ3n) is 6.58. The molecule has 0 spiro atoms. The predicted molar refractivity (Wildman–Crippen MR) is 107 cm³/mol. The van der Waals surface area contributed by atoms with Gasteiger partial charge in [-0.3, -0.25) is 0 Å². The quantitative estimate of drug-likeness (QED) is 0.824. The minimum absolute atomic E-state index is 0. The highest BCUT2D eigenvalue weighted by molar-refractivity contribution is 5.85. The molecule has 3 fully saturated rings. The molecule has 3 unspecified atom stereocenters. The fourth-order valence-corrected chi connectivity index (χ4v) is 5.03. The second-order valence-corrected chi connectivity index (χ2v) is 7.98. The Kier molecular flexibility index (Phi) is 7.35. The number of hydrogen-bond acceptors (Lipinski definition) is 4. The summed E-state index contributed by atoms with van der Waals surface area (Å²) >= 11 is 0. The molecular formula is C21H33ClN2O2. The topological polar surface area (TPSA) is 42.5 Å². The molecule has 0 radical (unpaired) electrons. The second kappa shape index (κ2) is 9.52. The van der Waals surface area contributed by atoms with Gasteiger partial charge in [0.05, 0.1) is 13.2 Å². The summed E-state index contributed by atoms with van der Waals surface area (Å²) in [5.41, 5.74) is 1.70. The highest BCUT2D eigenvalue weighted by Gasteiger charge is 2.38. The van der Waals surface area contributed by atoms with Gasteiger partial charge >= 0.3 is 0 Å². The smallest absolute Gasteiger partial charge is 0.0623 e. The summed E-state index contributed by atoms with van der Waals surface area (Å²) in [4.78, 5) is 0. The lowest BCUT2D eigenvalue weighted by molar-refractivity contribution is 0.0419. The molecule has 26 heavy (non-hydrogen) atoms. The van der Waals surface area contributed by atoms with E-state index in [0.717, 1.165) is 52.4 Å². The van der Waals surface area contributed by atoms with E-state index in [9.17, 15) is 0 Å². The zero-order valence-electron chi connectivity index (χ0n) is 15.6. The molecule has 1 aliphatic carbocycles. The van der Waals surface area contributed by atoms with E-state index in [1.165, 1.54) is 24.8 Å². The first-order chi connectivity index (χ1) is 12.4. The standard InChI is InChI=1S/C21H32N2O2.ClH/c1-2-5-17(6-3-1)21(9-12-24-13-10-21)16-23-19-8-4-7-18(19)20-15-25-14-11-22-20;/h1-3,5-6,18-20,22-23H,4,7-16H2;1H. The Bertz CT molecular complexity index is 530. The van der Waals surface area contributed by atoms with E-state index >= 15 is 0 Å². The molecule has 1 saturated carbocycles. The van der Waals surface area contributed by atoms with Gasteiger partial charge in [-0.05, 0) is 37.2 Å². The Morgan fingerprint density at radius 2 is 1.85 bits per heavy atom. The molecule has 2 saturated heterocycles. The summed E-state index contributed by atoms with van der Waals surface area (Å²) in [5.74, 6) is 0.702. The van der Waals surface area contributed by atoms with Gasteiger partial charge in [0.2, 0.25) is 0 Å². The Labute approximate surface area is 163 Å². The van der Waals surface area contributed by atoms with Crippen molar-refractivity contribution in [3.8, 4) is 0 Å². The van der Waals surface area contributed by atoms with Crippen LogP contribution in [0.2, 0.25) is 0 Å². The molecular weight excluding hydrogens is 348 g/mol. The maximum absolute atomic E-state index is 5.72. The van der Waals surface area contributed by atoms with Crippen molar-refractivity contribution < 1.29 is 9.47 Å². The molecule has 3 aliphatic rings. The molecule has 3 atom stereocenters. The predicted octanol–water partition coefficient (Wildman–Crippen LogP) is 2.90. The average Bonchev–Trinajstić information content (AvgIpc) is 3.17. The maximum Gasteiger partial charge on any atom is 0.0623 e. The van der Waals surface area contributed by atoms with Gasteiger partial charge in [-0.25, -0.2) is 0 Å². The van der Waals surface area contributed by atoms with E-state index in [0.29, 0.717) is 18.0 Å². The van der Waals surface area contributed by atoms with Crippen LogP contribution in [-0.2, 0) is 14.9 Å². The zero-order chi connectivity index (χ0) is 17.0. The second-order valence-electron chi connectivity index (χ2n) is 7.98. The Hall–Kier alpha value is -0.650. The molecule has 0 bridgehead atoms. The van der Waals surface area contributed by atoms with Crippen molar-refractivity contribution in [2.45, 2.75) is 49.6 Å². The van der Waals surface area contributed by atoms with Crippen LogP contribution in [0.4, 0.5) is 0 Å². The SMILES string of the molecule is Cl.c1ccc(C2(CNC3CCCC3C3COCCN3)CCOCC2)cc1. The van der Waals surface area contributed by atoms with Gasteiger partial charge in [-0.2, -0.15) is 0 Å². The van der Waals surface area contributed by atoms with Crippen LogP contribution in [0.1, 0.15) is 37.7 Å². The molecule has 2 heterocycles. The van der Waals surface area contributed by atoms with Gasteiger partial charge in [0.15, 0.2) is 0 Å². The summed E-state index contributed by atoms with van der Waals surface area (Å²) in [6, 6.07) is 12.2. The largest absolute Gasteiger partial charge is 0.381 e. The maximum atomic E-state index is 5.72. The monoisotopic (exact) mass is 380 g/mol. The van der Waals surface area contributed by atoms with E-state index < -0.39 is 0 Å². The highest BCUT2D eigenvalue weighted by atomic mass is 35.5. The Morgan fingerprint density at radius 3 is 2.58 bits per heavy atom. The van der Waals surface area contributed by atoms with Crippen LogP contribution < -0.4 is 10.6 Å². The number of halogens is 1. The van der Waals surface area contributed by atoms with Crippen LogP contribution >= 0.6 is 12.4 Å². The molecule has 1 aromatic rings. The van der Waals surface area contributed by atoms with Crippen LogP contribution in [0.25, 0.3) is 0 Å². The van der Waals surface area contributed by atoms with Crippen LogP contribution in [0.5, 0.6) is 0 Å². The van der Waals surface area contributed by atoms with Gasteiger partial charge in [-0.15, -0.1) is 12.4 Å². The third kappa shape index (κ3) is 4.42. The number of ether oxygens (including phenoxy) is 2. The molecule has 0 amide bonds. The van der Waals surface area contributed by atoms with Crippen LogP contribution in [0.3, 0.4) is 0 Å². The fourth-order valence-electron chi connectivity index (χ4n) is 5.03. The van der Waals surface area contributed by atoms with Gasteiger partial charge in [0, 0.05) is 43.8 Å².